The number of hydrogen-bond donors (Lipinski definition) is 2. The van der Waals surface area contributed by atoms with Crippen molar-refractivity contribution in [3.8, 4) is 44.5 Å². The van der Waals surface area contributed by atoms with Crippen LogP contribution in [0.15, 0.2) is 127 Å². The van der Waals surface area contributed by atoms with Crippen molar-refractivity contribution < 1.29 is 39.5 Å². The van der Waals surface area contributed by atoms with E-state index in [0.29, 0.717) is 5.56 Å². The van der Waals surface area contributed by atoms with Gasteiger partial charge < -0.3 is 9.97 Å². The molecular weight excluding hydrogens is 792 g/mol. The van der Waals surface area contributed by atoms with Gasteiger partial charge in [0.2, 0.25) is 0 Å². The maximum atomic E-state index is 15.6. The fourth-order valence-electron chi connectivity index (χ4n) is 7.85. The standard InChI is InChI=1S/C47H27F9N4/c48-45(49,50)30-25-35-36(26-13-5-1-6-14-26)31-21-22-33(57-31)38(28-17-9-3-10-18-28)43-40(46(51,52)53)41(47(54,55)56)44(60-43)39(29-19-11-4-12-20-29)34-24-23-32(58-34)37(42(30)59-35)27-15-7-2-8-16-27/h1-25,59-60H. The number of rotatable bonds is 4. The van der Waals surface area contributed by atoms with Crippen molar-refractivity contribution in [1.82, 2.24) is 19.9 Å². The number of hydrogen-bond acceptors (Lipinski definition) is 2. The molecule has 0 fully saturated rings. The molecule has 60 heavy (non-hydrogen) atoms. The molecule has 0 unspecified atom stereocenters. The van der Waals surface area contributed by atoms with Crippen LogP contribution in [-0.2, 0) is 18.5 Å². The van der Waals surface area contributed by atoms with Crippen LogP contribution >= 0.6 is 0 Å². The Morgan fingerprint density at radius 3 is 1.00 bits per heavy atom. The van der Waals surface area contributed by atoms with E-state index in [-0.39, 0.29) is 67.2 Å². The molecule has 0 aliphatic carbocycles. The van der Waals surface area contributed by atoms with Crippen molar-refractivity contribution in [3.05, 3.63) is 167 Å². The highest BCUT2D eigenvalue weighted by atomic mass is 19.4. The third kappa shape index (κ3) is 6.75. The largest absolute Gasteiger partial charge is 0.419 e. The van der Waals surface area contributed by atoms with Gasteiger partial charge in [-0.1, -0.05) is 121 Å². The molecule has 4 nitrogen and oxygen atoms in total. The van der Waals surface area contributed by atoms with Gasteiger partial charge in [-0.2, -0.15) is 39.5 Å². The summed E-state index contributed by atoms with van der Waals surface area (Å²) in [6.07, 6.45) is -10.7. The normalized spacial score (nSPS) is 12.9. The average Bonchev–Trinajstić information content (AvgIpc) is 4.04. The quantitative estimate of drug-likeness (QED) is 0.174. The van der Waals surface area contributed by atoms with Gasteiger partial charge in [-0.05, 0) is 52.6 Å². The molecule has 8 bridgehead atoms. The zero-order valence-electron chi connectivity index (χ0n) is 30.7. The molecule has 0 amide bonds. The summed E-state index contributed by atoms with van der Waals surface area (Å²) in [5.41, 5.74) is -7.48. The molecule has 5 heterocycles. The van der Waals surface area contributed by atoms with Gasteiger partial charge in [-0.3, -0.25) is 0 Å². The molecule has 0 saturated carbocycles. The van der Waals surface area contributed by atoms with Gasteiger partial charge in [-0.15, -0.1) is 0 Å². The third-order valence-corrected chi connectivity index (χ3v) is 10.3. The maximum Gasteiger partial charge on any atom is 0.419 e. The lowest BCUT2D eigenvalue weighted by molar-refractivity contribution is -0.159. The Bertz CT molecular complexity index is 3010. The van der Waals surface area contributed by atoms with Gasteiger partial charge in [0.25, 0.3) is 0 Å². The van der Waals surface area contributed by atoms with Crippen molar-refractivity contribution in [3.63, 3.8) is 0 Å². The van der Waals surface area contributed by atoms with Crippen LogP contribution in [-0.4, -0.2) is 19.9 Å². The molecule has 0 radical (unpaired) electrons. The molecule has 2 aliphatic rings. The lowest BCUT2D eigenvalue weighted by atomic mass is 9.98. The number of benzene rings is 4. The monoisotopic (exact) mass is 818 g/mol. The van der Waals surface area contributed by atoms with E-state index in [4.69, 9.17) is 4.98 Å². The van der Waals surface area contributed by atoms with Gasteiger partial charge in [0.1, 0.15) is 0 Å². The highest BCUT2D eigenvalue weighted by Crippen LogP contribution is 2.50. The number of nitrogens with one attached hydrogen (secondary N) is 2. The molecule has 0 atom stereocenters. The second kappa shape index (κ2) is 14.3. The summed E-state index contributed by atoms with van der Waals surface area (Å²) in [5.74, 6) is 0. The lowest BCUT2D eigenvalue weighted by Crippen LogP contribution is -2.15. The van der Waals surface area contributed by atoms with E-state index in [0.717, 1.165) is 6.07 Å². The highest BCUT2D eigenvalue weighted by molar-refractivity contribution is 6.02. The molecular formula is C47H27F9N4. The second-order valence-corrected chi connectivity index (χ2v) is 14.0. The summed E-state index contributed by atoms with van der Waals surface area (Å²) < 4.78 is 139. The Balaban J connectivity index is 1.63. The van der Waals surface area contributed by atoms with Crippen LogP contribution in [0, 0.1) is 0 Å². The molecule has 3 aromatic heterocycles. The minimum absolute atomic E-state index is 0.0317. The van der Waals surface area contributed by atoms with Crippen LogP contribution < -0.4 is 0 Å². The second-order valence-electron chi connectivity index (χ2n) is 14.0. The van der Waals surface area contributed by atoms with Gasteiger partial charge in [-0.25, -0.2) is 9.97 Å². The van der Waals surface area contributed by atoms with Crippen LogP contribution in [0.4, 0.5) is 39.5 Å². The van der Waals surface area contributed by atoms with E-state index in [2.05, 4.69) is 15.0 Å². The first-order valence-electron chi connectivity index (χ1n) is 18.4. The Hall–Kier alpha value is -7.15. The number of alkyl halides is 9. The van der Waals surface area contributed by atoms with E-state index in [1.54, 1.807) is 72.8 Å². The van der Waals surface area contributed by atoms with Crippen LogP contribution in [0.3, 0.4) is 0 Å². The van der Waals surface area contributed by atoms with Crippen molar-refractivity contribution in [1.29, 1.82) is 0 Å². The summed E-state index contributed by atoms with van der Waals surface area (Å²) in [6, 6.07) is 32.2. The van der Waals surface area contributed by atoms with Crippen molar-refractivity contribution in [2.75, 3.05) is 0 Å². The Morgan fingerprint density at radius 1 is 0.350 bits per heavy atom. The SMILES string of the molecule is FC(F)(F)c1cc2[nH]c1c(-c1ccccc1)c1nc(c(-c3ccccc3)c3[nH]c(c(-c4ccccc4)c4nc(c2-c2ccccc2)C=C4)c(C(F)(F)F)c3C(F)(F)F)C=C1. The Labute approximate surface area is 335 Å². The molecule has 298 valence electrons. The Kier molecular flexibility index (Phi) is 9.14. The predicted molar refractivity (Wildman–Crippen MR) is 216 cm³/mol. The minimum Gasteiger partial charge on any atom is -0.354 e. The van der Waals surface area contributed by atoms with Gasteiger partial charge in [0.05, 0.1) is 56.0 Å². The fraction of sp³-hybridized carbons (Fsp3) is 0.0638. The van der Waals surface area contributed by atoms with Crippen molar-refractivity contribution in [2.45, 2.75) is 18.5 Å². The van der Waals surface area contributed by atoms with Crippen LogP contribution in [0.2, 0.25) is 0 Å². The van der Waals surface area contributed by atoms with Crippen LogP contribution in [0.1, 0.15) is 39.5 Å². The van der Waals surface area contributed by atoms with Gasteiger partial charge >= 0.3 is 18.5 Å². The average molecular weight is 819 g/mol. The molecule has 9 rings (SSSR count). The summed E-state index contributed by atoms with van der Waals surface area (Å²) in [7, 11) is 0. The van der Waals surface area contributed by atoms with Crippen LogP contribution in [0.5, 0.6) is 0 Å². The maximum absolute atomic E-state index is 15.6. The number of nitrogens with zero attached hydrogens (tertiary/aromatic N) is 2. The molecule has 2 aliphatic heterocycles. The molecule has 4 aromatic carbocycles. The van der Waals surface area contributed by atoms with E-state index in [1.165, 1.54) is 72.8 Å². The summed E-state index contributed by atoms with van der Waals surface area (Å²) in [6.45, 7) is 0. The van der Waals surface area contributed by atoms with E-state index in [1.807, 2.05) is 0 Å². The van der Waals surface area contributed by atoms with E-state index in [9.17, 15) is 0 Å². The first kappa shape index (κ1) is 38.4. The number of halogens is 9. The van der Waals surface area contributed by atoms with E-state index >= 15 is 39.5 Å². The van der Waals surface area contributed by atoms with Crippen molar-refractivity contribution in [2.24, 2.45) is 0 Å². The zero-order chi connectivity index (χ0) is 42.0. The Morgan fingerprint density at radius 2 is 0.667 bits per heavy atom. The molecule has 13 heteroatoms. The lowest BCUT2D eigenvalue weighted by Gasteiger charge is -2.14. The number of aromatic amines is 2. The first-order chi connectivity index (χ1) is 28.7. The molecule has 2 N–H and O–H groups in total. The van der Waals surface area contributed by atoms with Crippen LogP contribution in [0.25, 0.3) is 90.9 Å². The van der Waals surface area contributed by atoms with Gasteiger partial charge in [0.15, 0.2) is 0 Å². The van der Waals surface area contributed by atoms with E-state index < -0.39 is 51.8 Å². The predicted octanol–water partition coefficient (Wildman–Crippen LogP) is 14.4. The zero-order valence-corrected chi connectivity index (χ0v) is 30.7. The van der Waals surface area contributed by atoms with Crippen molar-refractivity contribution >= 4 is 46.4 Å². The summed E-state index contributed by atoms with van der Waals surface area (Å²) in [4.78, 5) is 15.0. The third-order valence-electron chi connectivity index (χ3n) is 10.3. The fourth-order valence-corrected chi connectivity index (χ4v) is 7.85. The number of fused-ring (bicyclic) bond motifs is 8. The first-order valence-corrected chi connectivity index (χ1v) is 18.4. The summed E-state index contributed by atoms with van der Waals surface area (Å²) in [5, 5.41) is 0. The minimum atomic E-state index is -5.59. The number of H-pyrrole nitrogens is 2. The molecule has 7 aromatic rings. The molecule has 0 spiro atoms. The smallest absolute Gasteiger partial charge is 0.354 e. The molecule has 0 saturated heterocycles. The van der Waals surface area contributed by atoms with Gasteiger partial charge in [0, 0.05) is 27.8 Å². The summed E-state index contributed by atoms with van der Waals surface area (Å²) >= 11 is 0. The number of aromatic nitrogens is 4. The highest BCUT2D eigenvalue weighted by Gasteiger charge is 2.48. The topological polar surface area (TPSA) is 57.4 Å².